The normalized spacial score (nSPS) is 19.5. The number of aryl methyl sites for hydroxylation is 1. The van der Waals surface area contributed by atoms with Crippen LogP contribution in [0.3, 0.4) is 0 Å². The van der Waals surface area contributed by atoms with E-state index in [0.717, 1.165) is 55.4 Å². The molecule has 2 fully saturated rings. The van der Waals surface area contributed by atoms with Crippen molar-refractivity contribution >= 4 is 22.2 Å². The molecule has 200 valence electrons. The number of aromatic nitrogens is 5. The molecule has 0 unspecified atom stereocenters. The summed E-state index contributed by atoms with van der Waals surface area (Å²) in [6.45, 7) is 4.36. The monoisotopic (exact) mass is 532 g/mol. The highest BCUT2D eigenvalue weighted by Gasteiger charge is 2.35. The Bertz CT molecular complexity index is 1400. The zero-order chi connectivity index (χ0) is 25.9. The Morgan fingerprint density at radius 3 is 2.82 bits per heavy atom. The van der Waals surface area contributed by atoms with Gasteiger partial charge in [0.15, 0.2) is 5.82 Å². The highest BCUT2D eigenvalue weighted by molar-refractivity contribution is 7.09. The van der Waals surface area contributed by atoms with Gasteiger partial charge in [0.05, 0.1) is 12.1 Å². The molecule has 4 heterocycles. The summed E-state index contributed by atoms with van der Waals surface area (Å²) in [7, 11) is 0. The standard InChI is InChI=1S/C29H36N6O2S/c1-2-20-12-13-26-21(16-20)17-25(29(36)30-26)27(28-31-32-33-35(28)22-8-4-3-5-9-22)34(18-23-10-6-14-37-23)19-24-11-7-15-38-24/h7,11-13,15-17,22-23,27H,2-6,8-10,14,18-19H2,1H3,(H,30,36)/t23-,27+/m0/s1. The minimum atomic E-state index is -0.392. The van der Waals surface area contributed by atoms with E-state index in [2.05, 4.69) is 68.0 Å². The number of hydrogen-bond acceptors (Lipinski definition) is 7. The predicted octanol–water partition coefficient (Wildman–Crippen LogP) is 5.41. The van der Waals surface area contributed by atoms with E-state index in [1.165, 1.54) is 29.7 Å². The second-order valence-corrected chi connectivity index (χ2v) is 11.7. The van der Waals surface area contributed by atoms with Crippen LogP contribution in [0.15, 0.2) is 46.6 Å². The number of aromatic amines is 1. The van der Waals surface area contributed by atoms with Crippen molar-refractivity contribution in [1.82, 2.24) is 30.1 Å². The summed E-state index contributed by atoms with van der Waals surface area (Å²) in [6, 6.07) is 12.4. The molecule has 0 radical (unpaired) electrons. The van der Waals surface area contributed by atoms with Gasteiger partial charge in [-0.25, -0.2) is 4.68 Å². The van der Waals surface area contributed by atoms with Gasteiger partial charge in [-0.05, 0) is 83.1 Å². The number of benzene rings is 1. The summed E-state index contributed by atoms with van der Waals surface area (Å²) < 4.78 is 8.12. The molecule has 0 bridgehead atoms. The van der Waals surface area contributed by atoms with Crippen molar-refractivity contribution in [3.05, 3.63) is 74.0 Å². The Kier molecular flexibility index (Phi) is 7.67. The van der Waals surface area contributed by atoms with Crippen molar-refractivity contribution in [2.75, 3.05) is 13.2 Å². The summed E-state index contributed by atoms with van der Waals surface area (Å²) in [5.41, 5.74) is 2.69. The molecule has 0 spiro atoms. The number of ether oxygens (including phenoxy) is 1. The first-order chi connectivity index (χ1) is 18.7. The van der Waals surface area contributed by atoms with E-state index in [1.807, 2.05) is 10.7 Å². The third-order valence-corrected chi connectivity index (χ3v) is 8.95. The van der Waals surface area contributed by atoms with Gasteiger partial charge in [0.1, 0.15) is 6.04 Å². The number of H-pyrrole nitrogens is 1. The van der Waals surface area contributed by atoms with Gasteiger partial charge in [0.2, 0.25) is 0 Å². The van der Waals surface area contributed by atoms with E-state index in [0.29, 0.717) is 18.7 Å². The minimum Gasteiger partial charge on any atom is -0.377 e. The zero-order valence-corrected chi connectivity index (χ0v) is 22.8. The molecule has 1 saturated carbocycles. The largest absolute Gasteiger partial charge is 0.377 e. The molecule has 1 saturated heterocycles. The maximum atomic E-state index is 13.8. The average Bonchev–Trinajstić information content (AvgIpc) is 3.73. The van der Waals surface area contributed by atoms with E-state index in [9.17, 15) is 4.79 Å². The zero-order valence-electron chi connectivity index (χ0n) is 22.0. The SMILES string of the molecule is CCc1ccc2[nH]c(=O)c([C@H](c3nnnn3C3CCCCC3)N(Cc3cccs3)C[C@@H]3CCCO3)cc2c1. The minimum absolute atomic E-state index is 0.0894. The molecule has 2 aliphatic rings. The van der Waals surface area contributed by atoms with Crippen molar-refractivity contribution in [1.29, 1.82) is 0 Å². The Balaban J connectivity index is 1.50. The second-order valence-electron chi connectivity index (χ2n) is 10.6. The van der Waals surface area contributed by atoms with E-state index >= 15 is 0 Å². The molecule has 0 amide bonds. The number of tetrazole rings is 1. The molecule has 38 heavy (non-hydrogen) atoms. The fraction of sp³-hybridized carbons (Fsp3) is 0.517. The van der Waals surface area contributed by atoms with Gasteiger partial charge in [-0.15, -0.1) is 16.4 Å². The number of nitrogens with one attached hydrogen (secondary N) is 1. The molecule has 9 heteroatoms. The van der Waals surface area contributed by atoms with Crippen molar-refractivity contribution in [2.45, 2.75) is 83.0 Å². The van der Waals surface area contributed by atoms with Crippen molar-refractivity contribution in [2.24, 2.45) is 0 Å². The van der Waals surface area contributed by atoms with Crippen LogP contribution in [0.1, 0.15) is 85.8 Å². The lowest BCUT2D eigenvalue weighted by Crippen LogP contribution is -2.39. The van der Waals surface area contributed by atoms with Crippen molar-refractivity contribution < 1.29 is 4.74 Å². The summed E-state index contributed by atoms with van der Waals surface area (Å²) in [5.74, 6) is 0.753. The Morgan fingerprint density at radius 1 is 1.16 bits per heavy atom. The molecule has 1 N–H and O–H groups in total. The van der Waals surface area contributed by atoms with Crippen molar-refractivity contribution in [3.63, 3.8) is 0 Å². The molecular formula is C29H36N6O2S. The smallest absolute Gasteiger partial charge is 0.253 e. The van der Waals surface area contributed by atoms with Gasteiger partial charge in [-0.2, -0.15) is 0 Å². The lowest BCUT2D eigenvalue weighted by Gasteiger charge is -2.33. The molecule has 1 aliphatic heterocycles. The molecule has 1 aromatic carbocycles. The van der Waals surface area contributed by atoms with Crippen LogP contribution in [0.2, 0.25) is 0 Å². The van der Waals surface area contributed by atoms with Gasteiger partial charge in [-0.3, -0.25) is 9.69 Å². The van der Waals surface area contributed by atoms with Crippen LogP contribution >= 0.6 is 11.3 Å². The lowest BCUT2D eigenvalue weighted by atomic mass is 9.95. The number of nitrogens with zero attached hydrogens (tertiary/aromatic N) is 5. The second kappa shape index (κ2) is 11.5. The average molecular weight is 533 g/mol. The number of thiophene rings is 1. The first kappa shape index (κ1) is 25.4. The van der Waals surface area contributed by atoms with Crippen LogP contribution in [-0.2, 0) is 17.7 Å². The van der Waals surface area contributed by atoms with E-state index in [1.54, 1.807) is 11.3 Å². The molecule has 4 aromatic rings. The van der Waals surface area contributed by atoms with E-state index in [-0.39, 0.29) is 17.7 Å². The van der Waals surface area contributed by atoms with Gasteiger partial charge in [0.25, 0.3) is 5.56 Å². The lowest BCUT2D eigenvalue weighted by molar-refractivity contribution is 0.0571. The number of fused-ring (bicyclic) bond motifs is 1. The third kappa shape index (κ3) is 5.32. The topological polar surface area (TPSA) is 88.9 Å². The highest BCUT2D eigenvalue weighted by atomic mass is 32.1. The van der Waals surface area contributed by atoms with Crippen LogP contribution in [0.5, 0.6) is 0 Å². The molecule has 6 rings (SSSR count). The van der Waals surface area contributed by atoms with Crippen LogP contribution in [0, 0.1) is 0 Å². The third-order valence-electron chi connectivity index (χ3n) is 8.09. The highest BCUT2D eigenvalue weighted by Crippen LogP contribution is 2.35. The van der Waals surface area contributed by atoms with Crippen molar-refractivity contribution in [3.8, 4) is 0 Å². The van der Waals surface area contributed by atoms with Gasteiger partial charge < -0.3 is 9.72 Å². The van der Waals surface area contributed by atoms with Crippen LogP contribution in [0.25, 0.3) is 10.9 Å². The predicted molar refractivity (Wildman–Crippen MR) is 149 cm³/mol. The number of hydrogen-bond donors (Lipinski definition) is 1. The maximum Gasteiger partial charge on any atom is 0.253 e. The van der Waals surface area contributed by atoms with E-state index in [4.69, 9.17) is 4.74 Å². The molecule has 2 atom stereocenters. The Morgan fingerprint density at radius 2 is 2.05 bits per heavy atom. The van der Waals surface area contributed by atoms with Gasteiger partial charge >= 0.3 is 0 Å². The first-order valence-corrected chi connectivity index (χ1v) is 14.9. The molecular weight excluding hydrogens is 496 g/mol. The Hall–Kier alpha value is -2.88. The number of pyridine rings is 1. The summed E-state index contributed by atoms with van der Waals surface area (Å²) in [6.07, 6.45) is 8.91. The van der Waals surface area contributed by atoms with E-state index < -0.39 is 6.04 Å². The fourth-order valence-corrected chi connectivity index (χ4v) is 6.80. The van der Waals surface area contributed by atoms with Gasteiger partial charge in [0, 0.05) is 35.7 Å². The van der Waals surface area contributed by atoms with Crippen LogP contribution in [0.4, 0.5) is 0 Å². The van der Waals surface area contributed by atoms with Crippen LogP contribution < -0.4 is 5.56 Å². The quantitative estimate of drug-likeness (QED) is 0.310. The fourth-order valence-electron chi connectivity index (χ4n) is 6.08. The molecule has 1 aliphatic carbocycles. The van der Waals surface area contributed by atoms with Gasteiger partial charge in [-0.1, -0.05) is 38.3 Å². The first-order valence-electron chi connectivity index (χ1n) is 14.0. The Labute approximate surface area is 227 Å². The molecule has 3 aromatic heterocycles. The number of rotatable bonds is 9. The maximum absolute atomic E-state index is 13.8. The summed E-state index contributed by atoms with van der Waals surface area (Å²) in [5, 5.41) is 16.4. The molecule has 8 nitrogen and oxygen atoms in total. The summed E-state index contributed by atoms with van der Waals surface area (Å²) in [4.78, 5) is 20.6. The summed E-state index contributed by atoms with van der Waals surface area (Å²) >= 11 is 1.74. The van der Waals surface area contributed by atoms with Crippen LogP contribution in [-0.4, -0.2) is 49.3 Å².